The number of amidine groups is 1. The van der Waals surface area contributed by atoms with Crippen LogP contribution >= 0.6 is 11.8 Å². The number of hydrogen-bond acceptors (Lipinski definition) is 5. The molecule has 0 radical (unpaired) electrons. The van der Waals surface area contributed by atoms with E-state index in [0.717, 1.165) is 17.9 Å². The molecule has 6 heteroatoms. The lowest BCUT2D eigenvalue weighted by Gasteiger charge is -2.32. The first kappa shape index (κ1) is 21.1. The number of hydrogen-bond donors (Lipinski definition) is 0. The Labute approximate surface area is 195 Å². The van der Waals surface area contributed by atoms with Crippen molar-refractivity contribution < 1.29 is 0 Å². The number of aliphatic imine (C=N–C) groups is 1. The molecule has 32 heavy (non-hydrogen) atoms. The number of aryl methyl sites for hydroxylation is 1. The summed E-state index contributed by atoms with van der Waals surface area (Å²) in [6.45, 7) is 6.74. The summed E-state index contributed by atoms with van der Waals surface area (Å²) in [7, 11) is 4.15. The molecule has 4 heterocycles. The van der Waals surface area contributed by atoms with E-state index in [4.69, 9.17) is 9.98 Å². The van der Waals surface area contributed by atoms with Crippen LogP contribution in [0, 0.1) is 13.8 Å². The van der Waals surface area contributed by atoms with E-state index in [2.05, 4.69) is 91.7 Å². The zero-order valence-electron chi connectivity index (χ0n) is 19.5. The van der Waals surface area contributed by atoms with Crippen LogP contribution < -0.4 is 4.90 Å². The Morgan fingerprint density at radius 1 is 1.09 bits per heavy atom. The molecule has 3 atom stereocenters. The molecule has 5 nitrogen and oxygen atoms in total. The fraction of sp³-hybridized carbons (Fsp3) is 0.385. The number of aromatic nitrogens is 2. The molecule has 1 aromatic carbocycles. The fourth-order valence-corrected chi connectivity index (χ4v) is 6.41. The molecule has 0 N–H and O–H groups in total. The summed E-state index contributed by atoms with van der Waals surface area (Å²) < 4.78 is 2.38. The maximum absolute atomic E-state index is 5.19. The Kier molecular flexibility index (Phi) is 5.49. The molecular formula is C26H31N5S. The van der Waals surface area contributed by atoms with Gasteiger partial charge in [-0.3, -0.25) is 9.98 Å². The Bertz CT molecular complexity index is 1130. The van der Waals surface area contributed by atoms with Crippen LogP contribution in [0.4, 0.5) is 5.69 Å². The SMILES string of the molecule is CCC1CSC2=NC(c3ccccn3)C(c3cc(C)n(-c4ccc(N(C)C)cc4)c3C)N21. The number of nitrogens with zero attached hydrogens (tertiary/aromatic N) is 5. The Balaban J connectivity index is 1.60. The zero-order chi connectivity index (χ0) is 22.4. The summed E-state index contributed by atoms with van der Waals surface area (Å²) >= 11 is 1.90. The number of benzene rings is 1. The van der Waals surface area contributed by atoms with Gasteiger partial charge in [0.15, 0.2) is 5.17 Å². The van der Waals surface area contributed by atoms with E-state index in [1.54, 1.807) is 0 Å². The average molecular weight is 446 g/mol. The summed E-state index contributed by atoms with van der Waals surface area (Å²) in [6, 6.07) is 18.1. The van der Waals surface area contributed by atoms with Crippen molar-refractivity contribution in [3.05, 3.63) is 77.4 Å². The molecule has 2 aliphatic heterocycles. The molecule has 0 amide bonds. The zero-order valence-corrected chi connectivity index (χ0v) is 20.3. The van der Waals surface area contributed by atoms with Crippen molar-refractivity contribution in [2.45, 2.75) is 45.3 Å². The van der Waals surface area contributed by atoms with E-state index in [1.807, 2.05) is 24.0 Å². The summed E-state index contributed by atoms with van der Waals surface area (Å²) in [5, 5.41) is 1.18. The normalized spacial score (nSPS) is 22.2. The van der Waals surface area contributed by atoms with Crippen LogP contribution in [0.15, 0.2) is 59.7 Å². The summed E-state index contributed by atoms with van der Waals surface area (Å²) in [6.07, 6.45) is 3.01. The van der Waals surface area contributed by atoms with Gasteiger partial charge in [-0.1, -0.05) is 24.8 Å². The highest BCUT2D eigenvalue weighted by Gasteiger charge is 2.46. The molecule has 3 aromatic rings. The van der Waals surface area contributed by atoms with Crippen LogP contribution in [-0.4, -0.2) is 45.5 Å². The largest absolute Gasteiger partial charge is 0.378 e. The summed E-state index contributed by atoms with van der Waals surface area (Å²) in [5.41, 5.74) is 7.36. The van der Waals surface area contributed by atoms with Gasteiger partial charge >= 0.3 is 0 Å². The Morgan fingerprint density at radius 3 is 2.53 bits per heavy atom. The second kappa shape index (κ2) is 8.32. The first-order valence-corrected chi connectivity index (χ1v) is 12.3. The predicted octanol–water partition coefficient (Wildman–Crippen LogP) is 5.53. The molecule has 1 saturated heterocycles. The van der Waals surface area contributed by atoms with Crippen molar-refractivity contribution in [3.8, 4) is 5.69 Å². The fourth-order valence-electron chi connectivity index (χ4n) is 5.07. The van der Waals surface area contributed by atoms with Crippen molar-refractivity contribution in [3.63, 3.8) is 0 Å². The predicted molar refractivity (Wildman–Crippen MR) is 135 cm³/mol. The molecule has 5 rings (SSSR count). The number of rotatable bonds is 5. The third-order valence-corrected chi connectivity index (χ3v) is 7.87. The lowest BCUT2D eigenvalue weighted by molar-refractivity contribution is 0.254. The van der Waals surface area contributed by atoms with Gasteiger partial charge in [0.25, 0.3) is 0 Å². The van der Waals surface area contributed by atoms with Crippen LogP contribution in [0.2, 0.25) is 0 Å². The number of thioether (sulfide) groups is 1. The van der Waals surface area contributed by atoms with Gasteiger partial charge in [0, 0.05) is 54.8 Å². The minimum atomic E-state index is 0.0260. The molecule has 0 bridgehead atoms. The summed E-state index contributed by atoms with van der Waals surface area (Å²) in [5.74, 6) is 1.12. The lowest BCUT2D eigenvalue weighted by Crippen LogP contribution is -2.35. The highest BCUT2D eigenvalue weighted by molar-refractivity contribution is 8.14. The first-order chi connectivity index (χ1) is 15.5. The van der Waals surface area contributed by atoms with Gasteiger partial charge in [-0.05, 0) is 68.3 Å². The van der Waals surface area contributed by atoms with Gasteiger partial charge in [-0.2, -0.15) is 0 Å². The van der Waals surface area contributed by atoms with Gasteiger partial charge in [0.2, 0.25) is 0 Å². The highest BCUT2D eigenvalue weighted by atomic mass is 32.2. The van der Waals surface area contributed by atoms with E-state index in [9.17, 15) is 0 Å². The summed E-state index contributed by atoms with van der Waals surface area (Å²) in [4.78, 5) is 14.6. The van der Waals surface area contributed by atoms with E-state index in [1.165, 1.54) is 33.5 Å². The minimum Gasteiger partial charge on any atom is -0.378 e. The molecule has 0 saturated carbocycles. The molecule has 2 aromatic heterocycles. The molecule has 1 fully saturated rings. The van der Waals surface area contributed by atoms with Crippen LogP contribution in [0.5, 0.6) is 0 Å². The number of pyridine rings is 1. The quantitative estimate of drug-likeness (QED) is 0.517. The molecule has 2 aliphatic rings. The Hall–Kier alpha value is -2.73. The van der Waals surface area contributed by atoms with Crippen molar-refractivity contribution in [2.75, 3.05) is 24.7 Å². The molecule has 3 unspecified atom stereocenters. The maximum Gasteiger partial charge on any atom is 0.160 e. The number of anilines is 1. The minimum absolute atomic E-state index is 0.0260. The highest BCUT2D eigenvalue weighted by Crippen LogP contribution is 2.49. The van der Waals surface area contributed by atoms with Gasteiger partial charge < -0.3 is 14.4 Å². The van der Waals surface area contributed by atoms with Gasteiger partial charge in [-0.15, -0.1) is 0 Å². The molecule has 0 spiro atoms. The van der Waals surface area contributed by atoms with Crippen molar-refractivity contribution >= 4 is 22.6 Å². The second-order valence-electron chi connectivity index (χ2n) is 8.91. The average Bonchev–Trinajstić information content (AvgIpc) is 3.46. The monoisotopic (exact) mass is 445 g/mol. The third kappa shape index (κ3) is 3.41. The van der Waals surface area contributed by atoms with E-state index in [-0.39, 0.29) is 12.1 Å². The standard InChI is InChI=1S/C26H31N5S/c1-6-19-16-32-26-28-24(23-9-7-8-14-27-23)25(31(19)26)22-15-17(2)30(18(22)3)21-12-10-20(11-13-21)29(4)5/h7-15,19,24-25H,6,16H2,1-5H3. The lowest BCUT2D eigenvalue weighted by atomic mass is 9.95. The number of fused-ring (bicyclic) bond motifs is 1. The van der Waals surface area contributed by atoms with E-state index >= 15 is 0 Å². The topological polar surface area (TPSA) is 36.7 Å². The first-order valence-electron chi connectivity index (χ1n) is 11.4. The van der Waals surface area contributed by atoms with E-state index < -0.39 is 0 Å². The van der Waals surface area contributed by atoms with Crippen molar-refractivity contribution in [2.24, 2.45) is 4.99 Å². The van der Waals surface area contributed by atoms with Crippen LogP contribution in [-0.2, 0) is 0 Å². The van der Waals surface area contributed by atoms with Gasteiger partial charge in [-0.25, -0.2) is 0 Å². The van der Waals surface area contributed by atoms with Crippen molar-refractivity contribution in [1.29, 1.82) is 0 Å². The smallest absolute Gasteiger partial charge is 0.160 e. The molecule has 0 aliphatic carbocycles. The Morgan fingerprint density at radius 2 is 1.88 bits per heavy atom. The van der Waals surface area contributed by atoms with Crippen LogP contribution in [0.25, 0.3) is 5.69 Å². The second-order valence-corrected chi connectivity index (χ2v) is 9.90. The van der Waals surface area contributed by atoms with E-state index in [0.29, 0.717) is 6.04 Å². The van der Waals surface area contributed by atoms with Crippen LogP contribution in [0.1, 0.15) is 48.1 Å². The van der Waals surface area contributed by atoms with Gasteiger partial charge in [0.05, 0.1) is 11.7 Å². The molecule has 166 valence electrons. The van der Waals surface area contributed by atoms with Crippen LogP contribution in [0.3, 0.4) is 0 Å². The van der Waals surface area contributed by atoms with Crippen molar-refractivity contribution in [1.82, 2.24) is 14.5 Å². The van der Waals surface area contributed by atoms with Gasteiger partial charge in [0.1, 0.15) is 6.04 Å². The third-order valence-electron chi connectivity index (χ3n) is 6.74. The molecular weight excluding hydrogens is 414 g/mol. The maximum atomic E-state index is 5.19.